The number of benzene rings is 3. The number of aliphatic hydroxyl groups excluding tert-OH is 1. The zero-order valence-corrected chi connectivity index (χ0v) is 17.1. The van der Waals surface area contributed by atoms with Gasteiger partial charge in [-0.1, -0.05) is 42.5 Å². The van der Waals surface area contributed by atoms with Gasteiger partial charge in [-0.15, -0.1) is 0 Å². The van der Waals surface area contributed by atoms with Crippen molar-refractivity contribution in [2.24, 2.45) is 0 Å². The Bertz CT molecular complexity index is 1290. The van der Waals surface area contributed by atoms with E-state index in [9.17, 15) is 13.5 Å². The Hall–Kier alpha value is -2.45. The van der Waals surface area contributed by atoms with Crippen molar-refractivity contribution in [1.29, 1.82) is 0 Å². The topological polar surface area (TPSA) is 88.8 Å². The van der Waals surface area contributed by atoms with Crippen LogP contribution in [0.15, 0.2) is 59.0 Å². The maximum Gasteiger partial charge on any atom is 0.264 e. The minimum atomic E-state index is -3.59. The third kappa shape index (κ3) is 4.00. The number of rotatable bonds is 7. The SMILES string of the molecule is CC(CO)(COS(C)(=O)=O)NCc1cccc2ccc3oc4ccccc4c3c12. The second kappa shape index (κ2) is 7.42. The fraction of sp³-hybridized carbons (Fsp3) is 0.273. The zero-order valence-electron chi connectivity index (χ0n) is 16.3. The average Bonchev–Trinajstić information content (AvgIpc) is 3.09. The summed E-state index contributed by atoms with van der Waals surface area (Å²) in [4.78, 5) is 0. The van der Waals surface area contributed by atoms with Crippen molar-refractivity contribution in [3.63, 3.8) is 0 Å². The van der Waals surface area contributed by atoms with Gasteiger partial charge in [-0.05, 0) is 35.4 Å². The molecule has 0 aliphatic heterocycles. The minimum absolute atomic E-state index is 0.156. The summed E-state index contributed by atoms with van der Waals surface area (Å²) in [5.74, 6) is 0. The molecule has 0 aliphatic carbocycles. The van der Waals surface area contributed by atoms with Crippen molar-refractivity contribution in [2.45, 2.75) is 19.0 Å². The molecule has 29 heavy (non-hydrogen) atoms. The molecule has 1 aromatic heterocycles. The van der Waals surface area contributed by atoms with Gasteiger partial charge in [0, 0.05) is 17.3 Å². The molecule has 1 heterocycles. The highest BCUT2D eigenvalue weighted by Gasteiger charge is 2.25. The molecule has 6 nitrogen and oxygen atoms in total. The Kier molecular flexibility index (Phi) is 5.08. The highest BCUT2D eigenvalue weighted by molar-refractivity contribution is 7.85. The molecule has 152 valence electrons. The number of para-hydroxylation sites is 1. The van der Waals surface area contributed by atoms with E-state index in [2.05, 4.69) is 11.4 Å². The summed E-state index contributed by atoms with van der Waals surface area (Å²) in [6.07, 6.45) is 0.996. The van der Waals surface area contributed by atoms with Gasteiger partial charge < -0.3 is 14.8 Å². The smallest absolute Gasteiger partial charge is 0.264 e. The van der Waals surface area contributed by atoms with Crippen molar-refractivity contribution in [3.05, 3.63) is 60.2 Å². The lowest BCUT2D eigenvalue weighted by molar-refractivity contribution is 0.118. The molecule has 2 N–H and O–H groups in total. The van der Waals surface area contributed by atoms with Crippen LogP contribution in [0.4, 0.5) is 0 Å². The molecule has 0 spiro atoms. The second-order valence-corrected chi connectivity index (χ2v) is 9.23. The number of nitrogens with one attached hydrogen (secondary N) is 1. The van der Waals surface area contributed by atoms with E-state index >= 15 is 0 Å². The summed E-state index contributed by atoms with van der Waals surface area (Å²) in [5, 5.41) is 17.3. The van der Waals surface area contributed by atoms with Crippen LogP contribution in [0.25, 0.3) is 32.7 Å². The largest absolute Gasteiger partial charge is 0.456 e. The van der Waals surface area contributed by atoms with E-state index in [-0.39, 0.29) is 13.2 Å². The number of hydrogen-bond donors (Lipinski definition) is 2. The van der Waals surface area contributed by atoms with E-state index in [4.69, 9.17) is 8.60 Å². The van der Waals surface area contributed by atoms with Crippen molar-refractivity contribution in [2.75, 3.05) is 19.5 Å². The molecule has 1 atom stereocenters. The molecule has 3 aromatic carbocycles. The molecular formula is C22H23NO5S. The van der Waals surface area contributed by atoms with Gasteiger partial charge in [0.2, 0.25) is 0 Å². The van der Waals surface area contributed by atoms with E-state index < -0.39 is 15.7 Å². The summed E-state index contributed by atoms with van der Waals surface area (Å²) in [7, 11) is -3.59. The van der Waals surface area contributed by atoms with Crippen LogP contribution in [0.3, 0.4) is 0 Å². The molecule has 0 amide bonds. The van der Waals surface area contributed by atoms with Crippen LogP contribution in [-0.2, 0) is 20.8 Å². The van der Waals surface area contributed by atoms with Crippen LogP contribution >= 0.6 is 0 Å². The Morgan fingerprint density at radius 1 is 1.03 bits per heavy atom. The van der Waals surface area contributed by atoms with E-state index in [1.54, 1.807) is 6.92 Å². The van der Waals surface area contributed by atoms with Gasteiger partial charge in [-0.3, -0.25) is 4.18 Å². The first-order chi connectivity index (χ1) is 13.8. The van der Waals surface area contributed by atoms with Crippen molar-refractivity contribution >= 4 is 42.8 Å². The van der Waals surface area contributed by atoms with Crippen LogP contribution in [0.2, 0.25) is 0 Å². The molecule has 0 aliphatic rings. The van der Waals surface area contributed by atoms with Gasteiger partial charge in [-0.2, -0.15) is 8.42 Å². The highest BCUT2D eigenvalue weighted by Crippen LogP contribution is 2.36. The number of aliphatic hydroxyl groups is 1. The maximum atomic E-state index is 11.3. The summed E-state index contributed by atoms with van der Waals surface area (Å²) < 4.78 is 33.6. The molecule has 4 rings (SSSR count). The molecule has 0 radical (unpaired) electrons. The Labute approximate surface area is 169 Å². The van der Waals surface area contributed by atoms with Crippen LogP contribution in [0.1, 0.15) is 12.5 Å². The van der Waals surface area contributed by atoms with Gasteiger partial charge in [0.1, 0.15) is 11.2 Å². The van der Waals surface area contributed by atoms with Crippen LogP contribution < -0.4 is 5.32 Å². The van der Waals surface area contributed by atoms with Crippen molar-refractivity contribution in [3.8, 4) is 0 Å². The number of hydrogen-bond acceptors (Lipinski definition) is 6. The first kappa shape index (κ1) is 19.8. The predicted octanol–water partition coefficient (Wildman–Crippen LogP) is 3.56. The number of furan rings is 1. The summed E-state index contributed by atoms with van der Waals surface area (Å²) >= 11 is 0. The first-order valence-electron chi connectivity index (χ1n) is 9.32. The van der Waals surface area contributed by atoms with Gasteiger partial charge >= 0.3 is 0 Å². The normalized spacial score (nSPS) is 14.6. The van der Waals surface area contributed by atoms with Crippen LogP contribution in [0.5, 0.6) is 0 Å². The molecule has 4 aromatic rings. The fourth-order valence-corrected chi connectivity index (χ4v) is 3.99. The highest BCUT2D eigenvalue weighted by atomic mass is 32.2. The Morgan fingerprint density at radius 2 is 1.83 bits per heavy atom. The van der Waals surface area contributed by atoms with E-state index in [0.29, 0.717) is 6.54 Å². The van der Waals surface area contributed by atoms with Gasteiger partial charge in [0.25, 0.3) is 10.1 Å². The van der Waals surface area contributed by atoms with Crippen LogP contribution in [0, 0.1) is 0 Å². The van der Waals surface area contributed by atoms with E-state index in [1.807, 2.05) is 48.5 Å². The van der Waals surface area contributed by atoms with Crippen LogP contribution in [-0.4, -0.2) is 38.5 Å². The molecule has 0 fully saturated rings. The van der Waals surface area contributed by atoms with Gasteiger partial charge in [-0.25, -0.2) is 0 Å². The van der Waals surface area contributed by atoms with Crippen molar-refractivity contribution < 1.29 is 22.1 Å². The third-order valence-corrected chi connectivity index (χ3v) is 5.66. The summed E-state index contributed by atoms with van der Waals surface area (Å²) in [6, 6.07) is 18.0. The molecule has 7 heteroatoms. The molecule has 0 saturated heterocycles. The Morgan fingerprint density at radius 3 is 2.59 bits per heavy atom. The third-order valence-electron chi connectivity index (χ3n) is 5.12. The maximum absolute atomic E-state index is 11.3. The lowest BCUT2D eigenvalue weighted by atomic mass is 9.97. The van der Waals surface area contributed by atoms with E-state index in [1.165, 1.54) is 0 Å². The first-order valence-corrected chi connectivity index (χ1v) is 11.1. The fourth-order valence-electron chi connectivity index (χ4n) is 3.51. The molecule has 1 unspecified atom stereocenters. The summed E-state index contributed by atoms with van der Waals surface area (Å²) in [5.41, 5.74) is 1.77. The number of fused-ring (bicyclic) bond motifs is 5. The zero-order chi connectivity index (χ0) is 20.6. The average molecular weight is 413 g/mol. The van der Waals surface area contributed by atoms with Gasteiger partial charge in [0.05, 0.1) is 25.0 Å². The molecule has 0 saturated carbocycles. The van der Waals surface area contributed by atoms with Gasteiger partial charge in [0.15, 0.2) is 0 Å². The standard InChI is InChI=1S/C22H23NO5S/c1-22(13-24,14-27-29(2,25)26)23-12-16-7-5-6-15-10-11-19-21(20(15)16)17-8-3-4-9-18(17)28-19/h3-11,23-24H,12-14H2,1-2H3. The molecule has 0 bridgehead atoms. The quantitative estimate of drug-likeness (QED) is 0.451. The molecular weight excluding hydrogens is 390 g/mol. The van der Waals surface area contributed by atoms with Crippen molar-refractivity contribution in [1.82, 2.24) is 5.32 Å². The second-order valence-electron chi connectivity index (χ2n) is 7.59. The van der Waals surface area contributed by atoms with E-state index in [0.717, 1.165) is 44.5 Å². The monoisotopic (exact) mass is 413 g/mol. The predicted molar refractivity (Wildman–Crippen MR) is 114 cm³/mol. The minimum Gasteiger partial charge on any atom is -0.456 e. The Balaban J connectivity index is 1.76. The lowest BCUT2D eigenvalue weighted by Gasteiger charge is -2.28. The lowest BCUT2D eigenvalue weighted by Crippen LogP contribution is -2.49. The summed E-state index contributed by atoms with van der Waals surface area (Å²) in [6.45, 7) is 1.74.